The summed E-state index contributed by atoms with van der Waals surface area (Å²) in [6, 6.07) is 15.9. The summed E-state index contributed by atoms with van der Waals surface area (Å²) in [4.78, 5) is 7.03. The highest BCUT2D eigenvalue weighted by atomic mass is 32.2. The summed E-state index contributed by atoms with van der Waals surface area (Å²) in [7, 11) is -1.40. The van der Waals surface area contributed by atoms with Crippen LogP contribution in [0.4, 0.5) is 5.69 Å². The number of hydrogen-bond donors (Lipinski definition) is 2. The lowest BCUT2D eigenvalue weighted by atomic mass is 10.2. The second-order valence-corrected chi connectivity index (χ2v) is 9.27. The molecule has 1 saturated heterocycles. The highest BCUT2D eigenvalue weighted by Crippen LogP contribution is 2.20. The Bertz CT molecular complexity index is 922. The maximum atomic E-state index is 11.5. The maximum Gasteiger partial charge on any atom is 0.191 e. The number of guanidine groups is 1. The van der Waals surface area contributed by atoms with Crippen molar-refractivity contribution in [2.24, 2.45) is 4.99 Å². The van der Waals surface area contributed by atoms with E-state index >= 15 is 0 Å². The van der Waals surface area contributed by atoms with Gasteiger partial charge in [0.15, 0.2) is 15.8 Å². The summed E-state index contributed by atoms with van der Waals surface area (Å²) in [5.41, 5.74) is 3.53. The number of rotatable bonds is 5. The van der Waals surface area contributed by atoms with Gasteiger partial charge in [-0.3, -0.25) is 4.99 Å². The molecule has 1 fully saturated rings. The van der Waals surface area contributed by atoms with E-state index in [2.05, 4.69) is 51.7 Å². The molecule has 28 heavy (non-hydrogen) atoms. The van der Waals surface area contributed by atoms with Crippen LogP contribution in [0.5, 0.6) is 0 Å². The number of anilines is 1. The van der Waals surface area contributed by atoms with Gasteiger partial charge in [0.25, 0.3) is 0 Å². The molecule has 150 valence electrons. The molecular formula is C21H28N4O2S. The van der Waals surface area contributed by atoms with Crippen molar-refractivity contribution in [3.63, 3.8) is 0 Å². The van der Waals surface area contributed by atoms with Crippen LogP contribution in [-0.2, 0) is 16.4 Å². The van der Waals surface area contributed by atoms with E-state index in [4.69, 9.17) is 0 Å². The second-order valence-electron chi connectivity index (χ2n) is 7.25. The van der Waals surface area contributed by atoms with Gasteiger partial charge in [-0.05, 0) is 43.2 Å². The summed E-state index contributed by atoms with van der Waals surface area (Å²) in [5, 5.41) is 6.79. The van der Waals surface area contributed by atoms with Crippen LogP contribution in [0.1, 0.15) is 17.5 Å². The number of hydrogen-bond acceptors (Lipinski definition) is 4. The Kier molecular flexibility index (Phi) is 6.24. The lowest BCUT2D eigenvalue weighted by Gasteiger charge is -2.20. The van der Waals surface area contributed by atoms with Crippen molar-refractivity contribution in [3.05, 3.63) is 59.7 Å². The minimum atomic E-state index is -3.16. The van der Waals surface area contributed by atoms with E-state index in [0.29, 0.717) is 17.5 Å². The largest absolute Gasteiger partial charge is 0.369 e. The fourth-order valence-electron chi connectivity index (χ4n) is 3.30. The zero-order valence-corrected chi connectivity index (χ0v) is 17.5. The predicted octanol–water partition coefficient (Wildman–Crippen LogP) is 2.34. The van der Waals surface area contributed by atoms with Gasteiger partial charge in [0.1, 0.15) is 0 Å². The Morgan fingerprint density at radius 3 is 2.43 bits per heavy atom. The van der Waals surface area contributed by atoms with E-state index in [1.807, 2.05) is 12.1 Å². The van der Waals surface area contributed by atoms with Crippen molar-refractivity contribution in [2.45, 2.75) is 30.8 Å². The summed E-state index contributed by atoms with van der Waals surface area (Å²) in [6.07, 6.45) is 2.27. The van der Waals surface area contributed by atoms with E-state index in [0.717, 1.165) is 31.0 Å². The maximum absolute atomic E-state index is 11.5. The molecule has 1 aliphatic heterocycles. The molecule has 3 rings (SSSR count). The van der Waals surface area contributed by atoms with Gasteiger partial charge in [0.2, 0.25) is 0 Å². The highest BCUT2D eigenvalue weighted by molar-refractivity contribution is 7.90. The molecule has 0 aromatic heterocycles. The quantitative estimate of drug-likeness (QED) is 0.595. The van der Waals surface area contributed by atoms with E-state index in [1.165, 1.54) is 17.5 Å². The molecular weight excluding hydrogens is 372 g/mol. The molecule has 0 bridgehead atoms. The molecule has 0 spiro atoms. The Hall–Kier alpha value is -2.54. The second kappa shape index (κ2) is 8.65. The SMILES string of the molecule is CN=C(NCc1ccc(S(C)(=O)=O)cc1)NC1CCN(c2ccc(C)cc2)C1. The van der Waals surface area contributed by atoms with E-state index in [1.54, 1.807) is 19.2 Å². The molecule has 0 aliphatic carbocycles. The minimum absolute atomic E-state index is 0.333. The number of aryl methyl sites for hydroxylation is 1. The van der Waals surface area contributed by atoms with Crippen molar-refractivity contribution < 1.29 is 8.42 Å². The Morgan fingerprint density at radius 1 is 1.14 bits per heavy atom. The third-order valence-electron chi connectivity index (χ3n) is 4.96. The first-order chi connectivity index (χ1) is 13.3. The summed E-state index contributed by atoms with van der Waals surface area (Å²) < 4.78 is 23.1. The van der Waals surface area contributed by atoms with Crippen molar-refractivity contribution in [1.29, 1.82) is 0 Å². The predicted molar refractivity (Wildman–Crippen MR) is 115 cm³/mol. The fourth-order valence-corrected chi connectivity index (χ4v) is 3.93. The Morgan fingerprint density at radius 2 is 1.82 bits per heavy atom. The zero-order chi connectivity index (χ0) is 20.1. The summed E-state index contributed by atoms with van der Waals surface area (Å²) in [5.74, 6) is 0.753. The molecule has 1 aliphatic rings. The molecule has 2 aromatic rings. The van der Waals surface area contributed by atoms with Gasteiger partial charge < -0.3 is 15.5 Å². The third-order valence-corrected chi connectivity index (χ3v) is 6.09. The van der Waals surface area contributed by atoms with E-state index < -0.39 is 9.84 Å². The topological polar surface area (TPSA) is 73.8 Å². The number of nitrogens with one attached hydrogen (secondary N) is 2. The van der Waals surface area contributed by atoms with Gasteiger partial charge in [0.05, 0.1) is 4.90 Å². The molecule has 0 amide bonds. The van der Waals surface area contributed by atoms with Gasteiger partial charge in [0, 0.05) is 44.7 Å². The minimum Gasteiger partial charge on any atom is -0.369 e. The monoisotopic (exact) mass is 400 g/mol. The first kappa shape index (κ1) is 20.2. The van der Waals surface area contributed by atoms with Crippen LogP contribution in [0.3, 0.4) is 0 Å². The smallest absolute Gasteiger partial charge is 0.191 e. The fraction of sp³-hybridized carbons (Fsp3) is 0.381. The van der Waals surface area contributed by atoms with Crippen LogP contribution in [0, 0.1) is 6.92 Å². The Balaban J connectivity index is 1.52. The summed E-state index contributed by atoms with van der Waals surface area (Å²) in [6.45, 7) is 4.64. The Labute approximate surface area is 167 Å². The number of aliphatic imine (C=N–C) groups is 1. The molecule has 1 unspecified atom stereocenters. The average molecular weight is 401 g/mol. The van der Waals surface area contributed by atoms with Crippen LogP contribution in [0.25, 0.3) is 0 Å². The van der Waals surface area contributed by atoms with E-state index in [9.17, 15) is 8.42 Å². The third kappa shape index (κ3) is 5.25. The standard InChI is InChI=1S/C21H28N4O2S/c1-16-4-8-19(9-5-16)25-13-12-18(15-25)24-21(22-2)23-14-17-6-10-20(11-7-17)28(3,26)27/h4-11,18H,12-15H2,1-3H3,(H2,22,23,24). The lowest BCUT2D eigenvalue weighted by Crippen LogP contribution is -2.44. The molecule has 1 atom stereocenters. The van der Waals surface area contributed by atoms with Crippen LogP contribution >= 0.6 is 0 Å². The zero-order valence-electron chi connectivity index (χ0n) is 16.6. The average Bonchev–Trinajstić information content (AvgIpc) is 3.14. The van der Waals surface area contributed by atoms with Crippen LogP contribution in [-0.4, -0.2) is 46.8 Å². The van der Waals surface area contributed by atoms with Gasteiger partial charge in [-0.25, -0.2) is 8.42 Å². The van der Waals surface area contributed by atoms with E-state index in [-0.39, 0.29) is 0 Å². The molecule has 6 nitrogen and oxygen atoms in total. The summed E-state index contributed by atoms with van der Waals surface area (Å²) >= 11 is 0. The van der Waals surface area contributed by atoms with Gasteiger partial charge >= 0.3 is 0 Å². The van der Waals surface area contributed by atoms with Crippen molar-refractivity contribution in [2.75, 3.05) is 31.3 Å². The number of benzene rings is 2. The number of nitrogens with zero attached hydrogens (tertiary/aromatic N) is 2. The van der Waals surface area contributed by atoms with Gasteiger partial charge in [-0.15, -0.1) is 0 Å². The first-order valence-corrected chi connectivity index (χ1v) is 11.3. The lowest BCUT2D eigenvalue weighted by molar-refractivity contribution is 0.602. The molecule has 1 heterocycles. The molecule has 0 radical (unpaired) electrons. The van der Waals surface area contributed by atoms with Gasteiger partial charge in [-0.1, -0.05) is 29.8 Å². The normalized spacial score (nSPS) is 17.6. The van der Waals surface area contributed by atoms with Gasteiger partial charge in [-0.2, -0.15) is 0 Å². The molecule has 2 N–H and O–H groups in total. The van der Waals surface area contributed by atoms with Crippen molar-refractivity contribution in [3.8, 4) is 0 Å². The van der Waals surface area contributed by atoms with Crippen molar-refractivity contribution >= 4 is 21.5 Å². The van der Waals surface area contributed by atoms with Crippen LogP contribution in [0.2, 0.25) is 0 Å². The molecule has 7 heteroatoms. The van der Waals surface area contributed by atoms with Crippen LogP contribution in [0.15, 0.2) is 58.4 Å². The first-order valence-electron chi connectivity index (χ1n) is 9.43. The number of sulfone groups is 1. The molecule has 0 saturated carbocycles. The molecule has 2 aromatic carbocycles. The van der Waals surface area contributed by atoms with Crippen molar-refractivity contribution in [1.82, 2.24) is 10.6 Å². The highest BCUT2D eigenvalue weighted by Gasteiger charge is 2.23. The van der Waals surface area contributed by atoms with Crippen LogP contribution < -0.4 is 15.5 Å².